The van der Waals surface area contributed by atoms with E-state index in [9.17, 15) is 14.4 Å². The second-order valence-electron chi connectivity index (χ2n) is 7.06. The molecule has 0 saturated carbocycles. The summed E-state index contributed by atoms with van der Waals surface area (Å²) in [4.78, 5) is 39.2. The van der Waals surface area contributed by atoms with Gasteiger partial charge in [0.15, 0.2) is 0 Å². The predicted octanol–water partition coefficient (Wildman–Crippen LogP) is 3.19. The first-order chi connectivity index (χ1) is 14.3. The van der Waals surface area contributed by atoms with Gasteiger partial charge in [-0.25, -0.2) is 9.36 Å². The van der Waals surface area contributed by atoms with Gasteiger partial charge < -0.3 is 5.32 Å². The van der Waals surface area contributed by atoms with Crippen LogP contribution in [0.5, 0.6) is 0 Å². The third kappa shape index (κ3) is 4.36. The number of aromatic nitrogens is 3. The number of rotatable bonds is 6. The number of benzene rings is 2. The lowest BCUT2D eigenvalue weighted by atomic mass is 10.1. The van der Waals surface area contributed by atoms with Gasteiger partial charge in [-0.3, -0.25) is 9.59 Å². The maximum absolute atomic E-state index is 13.2. The normalized spacial score (nSPS) is 12.9. The predicted molar refractivity (Wildman–Crippen MR) is 117 cm³/mol. The summed E-state index contributed by atoms with van der Waals surface area (Å²) in [5.74, 6) is -0.619. The first kappa shape index (κ1) is 21.5. The Bertz CT molecular complexity index is 1150. The van der Waals surface area contributed by atoms with Crippen molar-refractivity contribution >= 4 is 17.5 Å². The van der Waals surface area contributed by atoms with E-state index in [4.69, 9.17) is 11.6 Å². The van der Waals surface area contributed by atoms with Crippen molar-refractivity contribution in [1.29, 1.82) is 0 Å². The molecule has 2 aromatic carbocycles. The SMILES string of the molecule is CC[C@@H](C)NC(=O)c1nn(-c2ccc(Cl)cc2)c(=O)n([C@@H](C)c2ccccc2)c1=O. The summed E-state index contributed by atoms with van der Waals surface area (Å²) in [6.07, 6.45) is 0.692. The van der Waals surface area contributed by atoms with Crippen LogP contribution in [0.4, 0.5) is 0 Å². The van der Waals surface area contributed by atoms with Gasteiger partial charge in [0.25, 0.3) is 11.5 Å². The first-order valence-electron chi connectivity index (χ1n) is 9.71. The molecule has 1 amide bonds. The highest BCUT2D eigenvalue weighted by Crippen LogP contribution is 2.15. The van der Waals surface area contributed by atoms with Crippen LogP contribution < -0.4 is 16.6 Å². The van der Waals surface area contributed by atoms with Crippen LogP contribution in [0, 0.1) is 0 Å². The molecule has 7 nitrogen and oxygen atoms in total. The zero-order valence-electron chi connectivity index (χ0n) is 17.0. The summed E-state index contributed by atoms with van der Waals surface area (Å²) in [5, 5.41) is 7.35. The Morgan fingerprint density at radius 3 is 2.30 bits per heavy atom. The maximum atomic E-state index is 13.2. The molecular formula is C22H23ClN4O3. The van der Waals surface area contributed by atoms with Gasteiger partial charge in [0, 0.05) is 11.1 Å². The van der Waals surface area contributed by atoms with E-state index < -0.39 is 23.2 Å². The fourth-order valence-corrected chi connectivity index (χ4v) is 3.12. The number of carbonyl (C=O) groups is 1. The molecular weight excluding hydrogens is 404 g/mol. The Hall–Kier alpha value is -3.19. The van der Waals surface area contributed by atoms with Gasteiger partial charge in [-0.05, 0) is 50.1 Å². The van der Waals surface area contributed by atoms with E-state index >= 15 is 0 Å². The van der Waals surface area contributed by atoms with Gasteiger partial charge in [-0.2, -0.15) is 9.78 Å². The van der Waals surface area contributed by atoms with Crippen LogP contribution in [0.2, 0.25) is 5.02 Å². The van der Waals surface area contributed by atoms with E-state index in [1.807, 2.05) is 44.2 Å². The van der Waals surface area contributed by atoms with Crippen LogP contribution in [-0.2, 0) is 0 Å². The third-order valence-electron chi connectivity index (χ3n) is 4.95. The fraction of sp³-hybridized carbons (Fsp3) is 0.273. The topological polar surface area (TPSA) is 86.0 Å². The van der Waals surface area contributed by atoms with Crippen LogP contribution in [-0.4, -0.2) is 26.3 Å². The molecule has 1 heterocycles. The number of halogens is 1. The highest BCUT2D eigenvalue weighted by atomic mass is 35.5. The molecule has 0 spiro atoms. The minimum atomic E-state index is -0.734. The molecule has 8 heteroatoms. The number of nitrogens with zero attached hydrogens (tertiary/aromatic N) is 3. The number of hydrogen-bond acceptors (Lipinski definition) is 4. The van der Waals surface area contributed by atoms with Crippen LogP contribution in [0.3, 0.4) is 0 Å². The average Bonchev–Trinajstić information content (AvgIpc) is 2.75. The molecule has 1 aromatic heterocycles. The maximum Gasteiger partial charge on any atom is 0.352 e. The number of amides is 1. The van der Waals surface area contributed by atoms with E-state index in [1.54, 1.807) is 31.2 Å². The number of carbonyl (C=O) groups excluding carboxylic acids is 1. The van der Waals surface area contributed by atoms with Crippen LogP contribution in [0.15, 0.2) is 64.2 Å². The Morgan fingerprint density at radius 1 is 1.07 bits per heavy atom. The molecule has 0 radical (unpaired) electrons. The molecule has 30 heavy (non-hydrogen) atoms. The van der Waals surface area contributed by atoms with Crippen LogP contribution in [0.25, 0.3) is 5.69 Å². The lowest BCUT2D eigenvalue weighted by Gasteiger charge is -2.18. The molecule has 156 valence electrons. The highest BCUT2D eigenvalue weighted by molar-refractivity contribution is 6.30. The quantitative estimate of drug-likeness (QED) is 0.655. The van der Waals surface area contributed by atoms with Gasteiger partial charge >= 0.3 is 5.69 Å². The third-order valence-corrected chi connectivity index (χ3v) is 5.21. The van der Waals surface area contributed by atoms with Gasteiger partial charge in [0.2, 0.25) is 5.69 Å². The van der Waals surface area contributed by atoms with Crippen LogP contribution >= 0.6 is 11.6 Å². The monoisotopic (exact) mass is 426 g/mol. The van der Waals surface area contributed by atoms with E-state index in [0.717, 1.165) is 14.8 Å². The van der Waals surface area contributed by atoms with E-state index in [0.29, 0.717) is 17.1 Å². The second kappa shape index (κ2) is 9.09. The minimum absolute atomic E-state index is 0.144. The summed E-state index contributed by atoms with van der Waals surface area (Å²) >= 11 is 5.95. The smallest absolute Gasteiger partial charge is 0.348 e. The summed E-state index contributed by atoms with van der Waals surface area (Å²) in [6.45, 7) is 5.49. The highest BCUT2D eigenvalue weighted by Gasteiger charge is 2.24. The first-order valence-corrected chi connectivity index (χ1v) is 10.1. The van der Waals surface area contributed by atoms with E-state index in [1.165, 1.54) is 0 Å². The molecule has 1 N–H and O–H groups in total. The van der Waals surface area contributed by atoms with Crippen molar-refractivity contribution in [2.45, 2.75) is 39.3 Å². The van der Waals surface area contributed by atoms with Crippen molar-refractivity contribution in [3.05, 3.63) is 91.7 Å². The Morgan fingerprint density at radius 2 is 1.70 bits per heavy atom. The van der Waals surface area contributed by atoms with E-state index in [-0.39, 0.29) is 11.7 Å². The molecule has 0 aliphatic heterocycles. The molecule has 3 rings (SSSR count). The van der Waals surface area contributed by atoms with Crippen molar-refractivity contribution in [3.8, 4) is 5.69 Å². The zero-order chi connectivity index (χ0) is 21.8. The minimum Gasteiger partial charge on any atom is -0.348 e. The molecule has 0 aliphatic carbocycles. The van der Waals surface area contributed by atoms with Crippen molar-refractivity contribution < 1.29 is 4.79 Å². The number of nitrogens with one attached hydrogen (secondary N) is 1. The van der Waals surface area contributed by atoms with Crippen molar-refractivity contribution in [1.82, 2.24) is 19.7 Å². The Kier molecular flexibility index (Phi) is 6.52. The van der Waals surface area contributed by atoms with Gasteiger partial charge in [-0.1, -0.05) is 48.9 Å². The second-order valence-corrected chi connectivity index (χ2v) is 7.50. The lowest BCUT2D eigenvalue weighted by Crippen LogP contribution is -2.48. The summed E-state index contributed by atoms with van der Waals surface area (Å²) in [6, 6.07) is 14.8. The fourth-order valence-electron chi connectivity index (χ4n) is 3.00. The zero-order valence-corrected chi connectivity index (χ0v) is 17.8. The van der Waals surface area contributed by atoms with Crippen molar-refractivity contribution in [2.24, 2.45) is 0 Å². The molecule has 3 aromatic rings. The molecule has 2 atom stereocenters. The van der Waals surface area contributed by atoms with Gasteiger partial charge in [-0.15, -0.1) is 0 Å². The molecule has 0 aliphatic rings. The molecule has 0 unspecified atom stereocenters. The molecule has 0 fully saturated rings. The van der Waals surface area contributed by atoms with Gasteiger partial charge in [0.05, 0.1) is 11.7 Å². The summed E-state index contributed by atoms with van der Waals surface area (Å²) in [7, 11) is 0. The summed E-state index contributed by atoms with van der Waals surface area (Å²) in [5.41, 5.74) is -0.552. The molecule has 0 bridgehead atoms. The number of hydrogen-bond donors (Lipinski definition) is 1. The van der Waals surface area contributed by atoms with Crippen LogP contribution in [0.1, 0.15) is 49.3 Å². The standard InChI is InChI=1S/C22H23ClN4O3/c1-4-14(2)24-20(28)19-21(29)26(15(3)16-8-6-5-7-9-16)22(30)27(25-19)18-12-10-17(23)11-13-18/h5-15H,4H2,1-3H3,(H,24,28)/t14-,15+/m1/s1. The average molecular weight is 427 g/mol. The largest absolute Gasteiger partial charge is 0.352 e. The molecule has 0 saturated heterocycles. The Labute approximate surface area is 178 Å². The van der Waals surface area contributed by atoms with E-state index in [2.05, 4.69) is 10.4 Å². The Balaban J connectivity index is 2.24. The van der Waals surface area contributed by atoms with Crippen molar-refractivity contribution in [3.63, 3.8) is 0 Å². The lowest BCUT2D eigenvalue weighted by molar-refractivity contribution is 0.0929. The van der Waals surface area contributed by atoms with Gasteiger partial charge in [0.1, 0.15) is 0 Å². The van der Waals surface area contributed by atoms with Crippen molar-refractivity contribution in [2.75, 3.05) is 0 Å². The summed E-state index contributed by atoms with van der Waals surface area (Å²) < 4.78 is 2.12.